The predicted octanol–water partition coefficient (Wildman–Crippen LogP) is 9.11. The van der Waals surface area contributed by atoms with E-state index < -0.39 is 0 Å². The molecule has 0 N–H and O–H groups in total. The third-order valence-corrected chi connectivity index (χ3v) is 6.59. The van der Waals surface area contributed by atoms with Crippen molar-refractivity contribution in [2.24, 2.45) is 11.3 Å². The maximum Gasteiger partial charge on any atom is 0.135 e. The van der Waals surface area contributed by atoms with E-state index in [9.17, 15) is 4.79 Å². The van der Waals surface area contributed by atoms with E-state index in [0.717, 1.165) is 25.7 Å². The van der Waals surface area contributed by atoms with Gasteiger partial charge in [0.1, 0.15) is 5.78 Å². The average molecular weight is 401 g/mol. The minimum absolute atomic E-state index is 0.124. The molecule has 2 heteroatoms. The van der Waals surface area contributed by atoms with E-state index in [1.165, 1.54) is 77.0 Å². The minimum atomic E-state index is -0.124. The Bertz CT molecular complexity index is 352. The molecule has 0 aliphatic rings. The van der Waals surface area contributed by atoms with Crippen LogP contribution in [0.25, 0.3) is 0 Å². The first-order chi connectivity index (χ1) is 12.9. The lowest BCUT2D eigenvalue weighted by atomic mass is 9.74. The number of rotatable bonds is 19. The molecule has 0 rings (SSSR count). The fraction of sp³-hybridized carbons (Fsp3) is 0.960. The van der Waals surface area contributed by atoms with E-state index in [1.807, 2.05) is 0 Å². The van der Waals surface area contributed by atoms with Crippen LogP contribution < -0.4 is 0 Å². The summed E-state index contributed by atoms with van der Waals surface area (Å²) in [5.74, 6) is 1.06. The van der Waals surface area contributed by atoms with Crippen LogP contribution in [-0.4, -0.2) is 11.2 Å². The summed E-state index contributed by atoms with van der Waals surface area (Å²) < 4.78 is 0. The van der Waals surface area contributed by atoms with Crippen LogP contribution in [0.1, 0.15) is 137 Å². The first-order valence-electron chi connectivity index (χ1n) is 12.0. The summed E-state index contributed by atoms with van der Waals surface area (Å²) in [5.41, 5.74) is -0.124. The molecule has 0 bridgehead atoms. The van der Waals surface area contributed by atoms with Gasteiger partial charge in [-0.25, -0.2) is 0 Å². The van der Waals surface area contributed by atoms with E-state index >= 15 is 0 Å². The highest BCUT2D eigenvalue weighted by atomic mass is 35.5. The minimum Gasteiger partial charge on any atom is -0.299 e. The quantitative estimate of drug-likeness (QED) is 0.156. The molecule has 3 atom stereocenters. The van der Waals surface area contributed by atoms with Crippen LogP contribution in [0.15, 0.2) is 0 Å². The monoisotopic (exact) mass is 400 g/mol. The molecule has 0 fully saturated rings. The zero-order valence-electron chi connectivity index (χ0n) is 19.3. The number of alkyl halides is 1. The molecule has 27 heavy (non-hydrogen) atoms. The van der Waals surface area contributed by atoms with Gasteiger partial charge in [-0.2, -0.15) is 0 Å². The molecule has 0 spiro atoms. The van der Waals surface area contributed by atoms with Crippen LogP contribution in [0.5, 0.6) is 0 Å². The van der Waals surface area contributed by atoms with Crippen molar-refractivity contribution < 1.29 is 4.79 Å². The summed E-state index contributed by atoms with van der Waals surface area (Å²) >= 11 is 6.27. The van der Waals surface area contributed by atoms with Crippen LogP contribution in [0.4, 0.5) is 0 Å². The van der Waals surface area contributed by atoms with Gasteiger partial charge < -0.3 is 0 Å². The number of halogens is 1. The van der Waals surface area contributed by atoms with Gasteiger partial charge in [0.2, 0.25) is 0 Å². The Morgan fingerprint density at radius 3 is 1.81 bits per heavy atom. The zero-order valence-corrected chi connectivity index (χ0v) is 20.0. The second-order valence-corrected chi connectivity index (χ2v) is 10.0. The summed E-state index contributed by atoms with van der Waals surface area (Å²) in [6, 6.07) is 0. The van der Waals surface area contributed by atoms with Gasteiger partial charge in [0.25, 0.3) is 0 Å². The third-order valence-electron chi connectivity index (χ3n) is 6.41. The molecule has 0 aliphatic carbocycles. The molecule has 0 saturated heterocycles. The molecule has 0 aromatic carbocycles. The van der Waals surface area contributed by atoms with Gasteiger partial charge in [-0.1, -0.05) is 97.8 Å². The molecular weight excluding hydrogens is 352 g/mol. The summed E-state index contributed by atoms with van der Waals surface area (Å²) in [4.78, 5) is 12.4. The highest BCUT2D eigenvalue weighted by molar-refractivity contribution is 6.20. The van der Waals surface area contributed by atoms with Crippen molar-refractivity contribution in [3.8, 4) is 0 Å². The Hall–Kier alpha value is -0.0400. The second-order valence-electron chi connectivity index (χ2n) is 9.26. The molecule has 0 aromatic heterocycles. The molecule has 0 aliphatic heterocycles. The summed E-state index contributed by atoms with van der Waals surface area (Å²) in [6.45, 7) is 10.6. The van der Waals surface area contributed by atoms with E-state index in [4.69, 9.17) is 11.6 Å². The van der Waals surface area contributed by atoms with E-state index in [1.54, 1.807) is 6.92 Å². The van der Waals surface area contributed by atoms with Crippen LogP contribution >= 0.6 is 11.6 Å². The number of unbranched alkanes of at least 4 members (excludes halogenated alkanes) is 9. The van der Waals surface area contributed by atoms with Crippen molar-refractivity contribution in [3.05, 3.63) is 0 Å². The summed E-state index contributed by atoms with van der Waals surface area (Å²) in [6.07, 6.45) is 20.2. The van der Waals surface area contributed by atoms with Gasteiger partial charge in [-0.05, 0) is 45.4 Å². The number of hydrogen-bond acceptors (Lipinski definition) is 1. The van der Waals surface area contributed by atoms with E-state index in [0.29, 0.717) is 11.7 Å². The topological polar surface area (TPSA) is 17.1 Å². The molecule has 0 heterocycles. The first-order valence-corrected chi connectivity index (χ1v) is 12.4. The SMILES string of the molecule is CCCCCCCCCCCC(C)(CCC(CCCC)CC(C)Cl)C(C)=O. The maximum atomic E-state index is 12.4. The molecule has 162 valence electrons. The van der Waals surface area contributed by atoms with Crippen molar-refractivity contribution in [2.75, 3.05) is 0 Å². The van der Waals surface area contributed by atoms with Gasteiger partial charge in [0, 0.05) is 10.8 Å². The fourth-order valence-electron chi connectivity index (χ4n) is 4.16. The maximum absolute atomic E-state index is 12.4. The number of hydrogen-bond donors (Lipinski definition) is 0. The lowest BCUT2D eigenvalue weighted by Crippen LogP contribution is -2.26. The number of ketones is 1. The largest absolute Gasteiger partial charge is 0.299 e. The molecule has 0 radical (unpaired) electrons. The first kappa shape index (κ1) is 27.0. The predicted molar refractivity (Wildman–Crippen MR) is 123 cm³/mol. The van der Waals surface area contributed by atoms with Gasteiger partial charge >= 0.3 is 0 Å². The Kier molecular flexibility index (Phi) is 16.8. The van der Waals surface area contributed by atoms with Crippen LogP contribution in [0.2, 0.25) is 0 Å². The third kappa shape index (κ3) is 14.6. The highest BCUT2D eigenvalue weighted by Crippen LogP contribution is 2.35. The van der Waals surface area contributed by atoms with E-state index in [2.05, 4.69) is 27.7 Å². The van der Waals surface area contributed by atoms with E-state index in [-0.39, 0.29) is 10.8 Å². The fourth-order valence-corrected chi connectivity index (χ4v) is 4.41. The number of Topliss-reactive ketones (excluding diaryl/α,β-unsaturated/α-hetero) is 1. The summed E-state index contributed by atoms with van der Waals surface area (Å²) in [5, 5.41) is 0.243. The average Bonchev–Trinajstić information content (AvgIpc) is 2.62. The van der Waals surface area contributed by atoms with Crippen LogP contribution in [0.3, 0.4) is 0 Å². The van der Waals surface area contributed by atoms with Crippen molar-refractivity contribution in [2.45, 2.75) is 143 Å². The number of carbonyl (C=O) groups excluding carboxylic acids is 1. The molecule has 0 saturated carbocycles. The normalized spacial score (nSPS) is 16.1. The Balaban J connectivity index is 4.19. The van der Waals surface area contributed by atoms with Crippen LogP contribution in [0, 0.1) is 11.3 Å². The molecule has 0 amide bonds. The van der Waals surface area contributed by atoms with Gasteiger partial charge in [-0.3, -0.25) is 4.79 Å². The molecular formula is C25H49ClO. The Labute approximate surface area is 176 Å². The highest BCUT2D eigenvalue weighted by Gasteiger charge is 2.30. The lowest BCUT2D eigenvalue weighted by molar-refractivity contribution is -0.126. The smallest absolute Gasteiger partial charge is 0.135 e. The number of carbonyl (C=O) groups is 1. The van der Waals surface area contributed by atoms with Gasteiger partial charge in [0.05, 0.1) is 0 Å². The van der Waals surface area contributed by atoms with Crippen LogP contribution in [-0.2, 0) is 4.79 Å². The van der Waals surface area contributed by atoms with Gasteiger partial charge in [0.15, 0.2) is 0 Å². The Morgan fingerprint density at radius 2 is 1.33 bits per heavy atom. The molecule has 3 unspecified atom stereocenters. The standard InChI is InChI=1S/C25H49ClO/c1-6-8-10-11-12-13-14-15-16-19-25(5,23(4)27)20-18-24(17-9-7-2)21-22(3)26/h22,24H,6-21H2,1-5H3. The zero-order chi connectivity index (χ0) is 20.5. The lowest BCUT2D eigenvalue weighted by Gasteiger charge is -2.29. The Morgan fingerprint density at radius 1 is 0.815 bits per heavy atom. The van der Waals surface area contributed by atoms with Crippen molar-refractivity contribution in [1.29, 1.82) is 0 Å². The second kappa shape index (κ2) is 16.9. The van der Waals surface area contributed by atoms with Gasteiger partial charge in [-0.15, -0.1) is 11.6 Å². The van der Waals surface area contributed by atoms with Crippen molar-refractivity contribution in [3.63, 3.8) is 0 Å². The molecule has 1 nitrogen and oxygen atoms in total. The van der Waals surface area contributed by atoms with Crippen molar-refractivity contribution >= 4 is 17.4 Å². The summed E-state index contributed by atoms with van der Waals surface area (Å²) in [7, 11) is 0. The van der Waals surface area contributed by atoms with Crippen molar-refractivity contribution in [1.82, 2.24) is 0 Å². The molecule has 0 aromatic rings.